The minimum Gasteiger partial charge on any atom is -0.318 e. The van der Waals surface area contributed by atoms with Crippen molar-refractivity contribution in [1.29, 1.82) is 0 Å². The van der Waals surface area contributed by atoms with Crippen LogP contribution in [0, 0.1) is 0 Å². The number of fused-ring (bicyclic) bond motifs is 17. The molecule has 4 aliphatic rings. The maximum atomic E-state index is 2.55. The Hall–Kier alpha value is -6.91. The average molecular weight is 702 g/mol. The van der Waals surface area contributed by atoms with E-state index in [1.807, 2.05) is 0 Å². The molecule has 2 aliphatic heterocycles. The van der Waals surface area contributed by atoms with E-state index in [0.717, 1.165) is 0 Å². The summed E-state index contributed by atoms with van der Waals surface area (Å²) in [4.78, 5) is 2.55. The van der Waals surface area contributed by atoms with Crippen LogP contribution < -0.4 is 9.48 Å². The average Bonchev–Trinajstić information content (AvgIpc) is 3.92. The molecule has 4 nitrogen and oxygen atoms in total. The summed E-state index contributed by atoms with van der Waals surface area (Å²) >= 11 is 0. The van der Waals surface area contributed by atoms with Crippen LogP contribution in [0.2, 0.25) is 0 Å². The van der Waals surface area contributed by atoms with E-state index in [9.17, 15) is 0 Å². The Kier molecular flexibility index (Phi) is 4.89. The molecule has 2 aliphatic carbocycles. The third-order valence-electron chi connectivity index (χ3n) is 13.5. The molecule has 0 spiro atoms. The number of allylic oxidation sites excluding steroid dienone is 2. The molecule has 0 N–H and O–H groups in total. The molecule has 0 saturated heterocycles. The molecule has 14 rings (SSSR count). The van der Waals surface area contributed by atoms with Crippen molar-refractivity contribution in [3.8, 4) is 11.1 Å². The Morgan fingerprint density at radius 3 is 2.04 bits per heavy atom. The van der Waals surface area contributed by atoms with E-state index >= 15 is 0 Å². The molecule has 55 heavy (non-hydrogen) atoms. The fourth-order valence-electron chi connectivity index (χ4n) is 11.2. The van der Waals surface area contributed by atoms with Gasteiger partial charge in [0, 0.05) is 56.8 Å². The van der Waals surface area contributed by atoms with E-state index in [2.05, 4.69) is 190 Å². The van der Waals surface area contributed by atoms with Gasteiger partial charge in [0.25, 0.3) is 0 Å². The molecule has 0 amide bonds. The van der Waals surface area contributed by atoms with Crippen molar-refractivity contribution in [2.24, 2.45) is 0 Å². The SMILES string of the molecule is CC1(C)c2cc([N+]3=C4C=CC=C5c6ccccc6N(c6ccccc63)C54)ccc2-c2cc3c4ccc5c6ccccc6n6c7ccccc7n(c3cc21)c4c56. The Bertz CT molecular complexity index is 3530. The number of hydrogen-bond donors (Lipinski definition) is 0. The molecule has 3 aromatic heterocycles. The Morgan fingerprint density at radius 2 is 1.20 bits per heavy atom. The number of para-hydroxylation sites is 6. The number of hydrogen-bond acceptors (Lipinski definition) is 1. The van der Waals surface area contributed by atoms with Gasteiger partial charge in [-0.1, -0.05) is 98.8 Å². The third-order valence-corrected chi connectivity index (χ3v) is 13.5. The minimum atomic E-state index is -0.201. The van der Waals surface area contributed by atoms with Crippen molar-refractivity contribution >= 4 is 88.7 Å². The van der Waals surface area contributed by atoms with Crippen LogP contribution in [0.4, 0.5) is 22.7 Å². The second-order valence-electron chi connectivity index (χ2n) is 16.3. The van der Waals surface area contributed by atoms with Gasteiger partial charge in [0.2, 0.25) is 17.1 Å². The van der Waals surface area contributed by atoms with E-state index in [1.54, 1.807) is 0 Å². The fraction of sp³-hybridized carbons (Fsp3) is 0.0784. The van der Waals surface area contributed by atoms with Crippen LogP contribution in [-0.2, 0) is 5.41 Å². The van der Waals surface area contributed by atoms with Crippen molar-refractivity contribution in [1.82, 2.24) is 13.4 Å². The summed E-state index contributed by atoms with van der Waals surface area (Å²) < 4.78 is 7.58. The van der Waals surface area contributed by atoms with Gasteiger partial charge in [-0.3, -0.25) is 0 Å². The molecule has 256 valence electrons. The first kappa shape index (κ1) is 28.6. The van der Waals surface area contributed by atoms with Gasteiger partial charge in [-0.15, -0.1) is 0 Å². The molecule has 1 atom stereocenters. The van der Waals surface area contributed by atoms with Gasteiger partial charge in [0.1, 0.15) is 11.7 Å². The van der Waals surface area contributed by atoms with E-state index in [4.69, 9.17) is 0 Å². The quantitative estimate of drug-likeness (QED) is 0.123. The van der Waals surface area contributed by atoms with Crippen LogP contribution in [0.3, 0.4) is 0 Å². The monoisotopic (exact) mass is 701 g/mol. The van der Waals surface area contributed by atoms with Gasteiger partial charge in [-0.2, -0.15) is 4.58 Å². The van der Waals surface area contributed by atoms with Crippen molar-refractivity contribution in [2.75, 3.05) is 4.90 Å². The third kappa shape index (κ3) is 3.20. The first-order chi connectivity index (χ1) is 27.1. The fourth-order valence-corrected chi connectivity index (χ4v) is 11.2. The molecular formula is C51H33N4+. The molecule has 0 bridgehead atoms. The van der Waals surface area contributed by atoms with Gasteiger partial charge in [-0.05, 0) is 76.4 Å². The van der Waals surface area contributed by atoms with Crippen molar-refractivity contribution in [2.45, 2.75) is 25.3 Å². The van der Waals surface area contributed by atoms with Crippen molar-refractivity contribution < 1.29 is 0 Å². The van der Waals surface area contributed by atoms with Crippen LogP contribution in [0.5, 0.6) is 0 Å². The van der Waals surface area contributed by atoms with Gasteiger partial charge in [0.15, 0.2) is 0 Å². The van der Waals surface area contributed by atoms with Crippen molar-refractivity contribution in [3.63, 3.8) is 0 Å². The van der Waals surface area contributed by atoms with Gasteiger partial charge >= 0.3 is 0 Å². The lowest BCUT2D eigenvalue weighted by Gasteiger charge is -2.33. The zero-order chi connectivity index (χ0) is 35.9. The zero-order valence-electron chi connectivity index (χ0n) is 30.4. The summed E-state index contributed by atoms with van der Waals surface area (Å²) in [6.07, 6.45) is 6.87. The number of benzene rings is 7. The van der Waals surface area contributed by atoms with Crippen molar-refractivity contribution in [3.05, 3.63) is 174 Å². The predicted octanol–water partition coefficient (Wildman–Crippen LogP) is 12.3. The molecule has 7 aromatic carbocycles. The van der Waals surface area contributed by atoms with E-state index < -0.39 is 0 Å². The number of aromatic nitrogens is 2. The van der Waals surface area contributed by atoms with Gasteiger partial charge in [0.05, 0.1) is 38.8 Å². The second-order valence-corrected chi connectivity index (χ2v) is 16.3. The highest BCUT2D eigenvalue weighted by Gasteiger charge is 2.48. The normalized spacial score (nSPS) is 17.5. The van der Waals surface area contributed by atoms with Crippen LogP contribution in [0.15, 0.2) is 158 Å². The van der Waals surface area contributed by atoms with Crippen LogP contribution in [-0.4, -0.2) is 20.6 Å². The van der Waals surface area contributed by atoms with Crippen LogP contribution in [0.1, 0.15) is 30.5 Å². The first-order valence-electron chi connectivity index (χ1n) is 19.4. The summed E-state index contributed by atoms with van der Waals surface area (Å²) in [6, 6.07) is 52.7. The van der Waals surface area contributed by atoms with Gasteiger partial charge in [-0.25, -0.2) is 0 Å². The molecule has 5 heterocycles. The molecule has 1 unspecified atom stereocenters. The van der Waals surface area contributed by atoms with E-state index in [1.165, 1.54) is 116 Å². The Morgan fingerprint density at radius 1 is 0.527 bits per heavy atom. The summed E-state index contributed by atoms with van der Waals surface area (Å²) in [5.74, 6) is 0. The number of nitrogens with zero attached hydrogens (tertiary/aromatic N) is 4. The zero-order valence-corrected chi connectivity index (χ0v) is 30.4. The lowest BCUT2D eigenvalue weighted by atomic mass is 9.82. The highest BCUT2D eigenvalue weighted by molar-refractivity contribution is 6.26. The number of anilines is 2. The lowest BCUT2D eigenvalue weighted by Crippen LogP contribution is -2.43. The van der Waals surface area contributed by atoms with E-state index in [-0.39, 0.29) is 11.5 Å². The molecule has 10 aromatic rings. The summed E-state index contributed by atoms with van der Waals surface area (Å²) in [5, 5.41) is 5.23. The lowest BCUT2D eigenvalue weighted by molar-refractivity contribution is 0.660. The Balaban J connectivity index is 1.02. The van der Waals surface area contributed by atoms with Gasteiger partial charge < -0.3 is 13.7 Å². The van der Waals surface area contributed by atoms with Crippen LogP contribution in [0.25, 0.3) is 71.3 Å². The predicted molar refractivity (Wildman–Crippen MR) is 230 cm³/mol. The standard InChI is InChI=1S/C51H33N4/c1-51(2)38-26-29(52-42-17-7-8-18-43(42)53-40-15-5-3-12-31(40)33-14-11-21-46(52)48(33)53)22-23-30(38)36-27-37-35-25-24-34-32-13-4-6-16-41(32)54-44-19-9-10-20-45(44)55(50(35)49(34)54)47(37)28-39(36)51/h3-28,48H,1-2H3/q+1. The topological polar surface area (TPSA) is 15.1 Å². The molecule has 0 saturated carbocycles. The largest absolute Gasteiger partial charge is 0.318 e. The maximum Gasteiger partial charge on any atom is 0.235 e. The molecule has 4 heteroatoms. The van der Waals surface area contributed by atoms with E-state index in [0.29, 0.717) is 0 Å². The Labute approximate surface area is 316 Å². The highest BCUT2D eigenvalue weighted by atomic mass is 15.3. The number of rotatable bonds is 1. The summed E-state index contributed by atoms with van der Waals surface area (Å²) in [5.41, 5.74) is 21.8. The molecule has 0 fully saturated rings. The highest BCUT2D eigenvalue weighted by Crippen LogP contribution is 2.55. The minimum absolute atomic E-state index is 0.136. The summed E-state index contributed by atoms with van der Waals surface area (Å²) in [7, 11) is 0. The maximum absolute atomic E-state index is 2.55. The summed E-state index contributed by atoms with van der Waals surface area (Å²) in [6.45, 7) is 4.84. The van der Waals surface area contributed by atoms with Crippen LogP contribution >= 0.6 is 0 Å². The molecular weight excluding hydrogens is 669 g/mol. The first-order valence-corrected chi connectivity index (χ1v) is 19.4. The molecule has 0 radical (unpaired) electrons. The smallest absolute Gasteiger partial charge is 0.235 e. The second kappa shape index (κ2) is 9.41.